The molecular weight excluding hydrogens is 845 g/mol. The smallest absolute Gasteiger partial charge is 0.135 e. The molecule has 332 valence electrons. The normalized spacial score (nSPS) is 14.1. The summed E-state index contributed by atoms with van der Waals surface area (Å²) in [5.41, 5.74) is 23.5. The van der Waals surface area contributed by atoms with Gasteiger partial charge in [-0.1, -0.05) is 210 Å². The summed E-state index contributed by atoms with van der Waals surface area (Å²) in [6.45, 7) is 9.66. The second-order valence-corrected chi connectivity index (χ2v) is 20.9. The Hall–Kier alpha value is -8.26. The molecule has 0 aliphatic heterocycles. The van der Waals surface area contributed by atoms with Gasteiger partial charge in [-0.15, -0.1) is 0 Å². The zero-order chi connectivity index (χ0) is 46.9. The fourth-order valence-corrected chi connectivity index (χ4v) is 12.3. The first-order valence-corrected chi connectivity index (χ1v) is 24.7. The van der Waals surface area contributed by atoms with Crippen LogP contribution in [0.2, 0.25) is 0 Å². The summed E-state index contributed by atoms with van der Waals surface area (Å²) >= 11 is 0. The van der Waals surface area contributed by atoms with Gasteiger partial charge in [-0.05, 0) is 159 Å². The highest BCUT2D eigenvalue weighted by molar-refractivity contribution is 6.06. The fourth-order valence-electron chi connectivity index (χ4n) is 12.3. The number of rotatable bonds is 6. The average molecular weight is 895 g/mol. The Morgan fingerprint density at radius 1 is 0.286 bits per heavy atom. The van der Waals surface area contributed by atoms with Crippen molar-refractivity contribution in [3.63, 3.8) is 0 Å². The van der Waals surface area contributed by atoms with Gasteiger partial charge in [0.25, 0.3) is 0 Å². The van der Waals surface area contributed by atoms with Crippen LogP contribution in [-0.2, 0) is 10.8 Å². The number of para-hydroxylation sites is 1. The van der Waals surface area contributed by atoms with Gasteiger partial charge < -0.3 is 4.42 Å². The summed E-state index contributed by atoms with van der Waals surface area (Å²) in [6.07, 6.45) is 0. The van der Waals surface area contributed by atoms with Gasteiger partial charge >= 0.3 is 0 Å². The molecule has 11 aromatic carbocycles. The summed E-state index contributed by atoms with van der Waals surface area (Å²) < 4.78 is 6.26. The maximum absolute atomic E-state index is 6.26. The number of benzene rings is 11. The van der Waals surface area contributed by atoms with Gasteiger partial charge in [0.15, 0.2) is 0 Å². The van der Waals surface area contributed by atoms with Crippen LogP contribution in [0.25, 0.3) is 99.1 Å². The van der Waals surface area contributed by atoms with Crippen LogP contribution in [0, 0.1) is 0 Å². The summed E-state index contributed by atoms with van der Waals surface area (Å²) in [5, 5.41) is 7.35. The molecule has 1 aromatic heterocycles. The largest absolute Gasteiger partial charge is 0.456 e. The van der Waals surface area contributed by atoms with E-state index < -0.39 is 0 Å². The average Bonchev–Trinajstić information content (AvgIpc) is 3.97. The minimum Gasteiger partial charge on any atom is -0.456 e. The van der Waals surface area contributed by atoms with Crippen molar-refractivity contribution in [3.8, 4) is 55.6 Å². The van der Waals surface area contributed by atoms with Crippen LogP contribution in [0.15, 0.2) is 229 Å². The molecule has 0 amide bonds. The molecule has 0 bridgehead atoms. The lowest BCUT2D eigenvalue weighted by molar-refractivity contribution is 0.657. The molecule has 0 fully saturated rings. The maximum Gasteiger partial charge on any atom is 0.135 e. The molecular formula is C69H50O. The lowest BCUT2D eigenvalue weighted by Gasteiger charge is -2.27. The van der Waals surface area contributed by atoms with Gasteiger partial charge in [0.05, 0.1) is 0 Å². The minimum atomic E-state index is -0.201. The third-order valence-corrected chi connectivity index (χ3v) is 16.2. The Labute approximate surface area is 409 Å². The molecule has 2 aliphatic carbocycles. The third-order valence-electron chi connectivity index (χ3n) is 16.2. The molecule has 0 N–H and O–H groups in total. The van der Waals surface area contributed by atoms with Gasteiger partial charge in [0, 0.05) is 27.5 Å². The molecule has 0 unspecified atom stereocenters. The molecule has 1 heterocycles. The Bertz CT molecular complexity index is 3950. The minimum absolute atomic E-state index is 0.0191. The van der Waals surface area contributed by atoms with E-state index in [9.17, 15) is 0 Å². The number of hydrogen-bond donors (Lipinski definition) is 0. The van der Waals surface area contributed by atoms with Gasteiger partial charge in [0.1, 0.15) is 11.2 Å². The topological polar surface area (TPSA) is 13.1 Å². The zero-order valence-electron chi connectivity index (χ0n) is 39.8. The third kappa shape index (κ3) is 6.24. The van der Waals surface area contributed by atoms with E-state index >= 15 is 0 Å². The van der Waals surface area contributed by atoms with E-state index in [1.54, 1.807) is 0 Å². The second-order valence-electron chi connectivity index (χ2n) is 20.9. The molecule has 1 nitrogen and oxygen atoms in total. The lowest BCUT2D eigenvalue weighted by Crippen LogP contribution is -2.17. The van der Waals surface area contributed by atoms with E-state index in [0.717, 1.165) is 21.9 Å². The summed E-state index contributed by atoms with van der Waals surface area (Å²) in [4.78, 5) is 0. The summed E-state index contributed by atoms with van der Waals surface area (Å²) in [5.74, 6) is -0.0191. The quantitative estimate of drug-likeness (QED) is 0.152. The van der Waals surface area contributed by atoms with E-state index in [2.05, 4.69) is 246 Å². The molecule has 0 saturated heterocycles. The van der Waals surface area contributed by atoms with E-state index in [1.807, 2.05) is 6.07 Å². The molecule has 0 radical (unpaired) electrons. The molecule has 0 saturated carbocycles. The van der Waals surface area contributed by atoms with Crippen molar-refractivity contribution >= 4 is 43.5 Å². The van der Waals surface area contributed by atoms with Crippen molar-refractivity contribution in [2.24, 2.45) is 0 Å². The van der Waals surface area contributed by atoms with Crippen LogP contribution in [-0.4, -0.2) is 0 Å². The SMILES string of the molecule is CC1(C)c2cc(-c3ccc4ccccc4c3)ccc2-c2ccc(C(c3cccc(-c4ccc5oc6ccccc6c5c4)c3)c3ccc4c(c3)C(C)(C)c3cc(-c5ccc6ccccc6c5)ccc3-4)cc21. The number of furan rings is 1. The molecule has 1 heteroatoms. The fraction of sp³-hybridized carbons (Fsp3) is 0.101. The van der Waals surface area contributed by atoms with Crippen molar-refractivity contribution in [3.05, 3.63) is 263 Å². The summed E-state index contributed by atoms with van der Waals surface area (Å²) in [7, 11) is 0. The van der Waals surface area contributed by atoms with Crippen LogP contribution in [0.5, 0.6) is 0 Å². The Balaban J connectivity index is 0.891. The van der Waals surface area contributed by atoms with Crippen LogP contribution in [0.3, 0.4) is 0 Å². The van der Waals surface area contributed by atoms with Crippen LogP contribution >= 0.6 is 0 Å². The maximum atomic E-state index is 6.26. The van der Waals surface area contributed by atoms with E-state index in [-0.39, 0.29) is 16.7 Å². The monoisotopic (exact) mass is 894 g/mol. The van der Waals surface area contributed by atoms with Crippen LogP contribution in [0.4, 0.5) is 0 Å². The first-order chi connectivity index (χ1) is 34.2. The van der Waals surface area contributed by atoms with Crippen molar-refractivity contribution < 1.29 is 4.42 Å². The van der Waals surface area contributed by atoms with Gasteiger partial charge in [-0.3, -0.25) is 0 Å². The van der Waals surface area contributed by atoms with Crippen molar-refractivity contribution in [2.45, 2.75) is 44.4 Å². The standard InChI is InChI=1S/C69H50O/c1-68(2)61-38-50(47-22-20-42-12-5-7-14-44(42)34-47)24-29-55(61)57-31-26-53(40-63(57)68)67(52-17-11-16-46(36-52)49-28-33-66-60(37-49)59-18-9-10-19-65(59)70-66)54-27-32-58-56-30-25-51(39-62(56)69(3,4)64(58)41-54)48-23-21-43-13-6-8-15-45(43)35-48/h5-41,67H,1-4H3. The van der Waals surface area contributed by atoms with E-state index in [4.69, 9.17) is 4.42 Å². The molecule has 70 heavy (non-hydrogen) atoms. The Morgan fingerprint density at radius 3 is 1.29 bits per heavy atom. The zero-order valence-corrected chi connectivity index (χ0v) is 39.8. The molecule has 0 atom stereocenters. The highest BCUT2D eigenvalue weighted by atomic mass is 16.3. The van der Waals surface area contributed by atoms with E-state index in [1.165, 1.54) is 116 Å². The molecule has 12 aromatic rings. The Morgan fingerprint density at radius 2 is 0.700 bits per heavy atom. The highest BCUT2D eigenvalue weighted by Gasteiger charge is 2.39. The molecule has 14 rings (SSSR count). The number of fused-ring (bicyclic) bond motifs is 11. The lowest BCUT2D eigenvalue weighted by atomic mass is 9.76. The predicted molar refractivity (Wildman–Crippen MR) is 294 cm³/mol. The first-order valence-electron chi connectivity index (χ1n) is 24.7. The number of hydrogen-bond acceptors (Lipinski definition) is 1. The van der Waals surface area contributed by atoms with Gasteiger partial charge in [-0.25, -0.2) is 0 Å². The first kappa shape index (κ1) is 40.8. The second kappa shape index (κ2) is 15.1. The van der Waals surface area contributed by atoms with Crippen molar-refractivity contribution in [2.75, 3.05) is 0 Å². The van der Waals surface area contributed by atoms with Gasteiger partial charge in [-0.2, -0.15) is 0 Å². The Kier molecular flexibility index (Phi) is 8.81. The molecule has 2 aliphatic rings. The predicted octanol–water partition coefficient (Wildman–Crippen LogP) is 18.7. The molecule has 0 spiro atoms. The van der Waals surface area contributed by atoms with Crippen molar-refractivity contribution in [1.82, 2.24) is 0 Å². The van der Waals surface area contributed by atoms with Crippen LogP contribution in [0.1, 0.15) is 72.6 Å². The summed E-state index contributed by atoms with van der Waals surface area (Å²) in [6, 6.07) is 84.2. The van der Waals surface area contributed by atoms with Crippen LogP contribution < -0.4 is 0 Å². The van der Waals surface area contributed by atoms with Crippen molar-refractivity contribution in [1.29, 1.82) is 0 Å². The van der Waals surface area contributed by atoms with Gasteiger partial charge in [0.2, 0.25) is 0 Å². The van der Waals surface area contributed by atoms with E-state index in [0.29, 0.717) is 0 Å². The highest BCUT2D eigenvalue weighted by Crippen LogP contribution is 2.54.